The molecule has 3 aromatic carbocycles. The predicted octanol–water partition coefficient (Wildman–Crippen LogP) is 7.17. The summed E-state index contributed by atoms with van der Waals surface area (Å²) in [5.41, 5.74) is 2.28. The van der Waals surface area contributed by atoms with E-state index in [4.69, 9.17) is 4.74 Å². The molecule has 193 valence electrons. The van der Waals surface area contributed by atoms with Crippen molar-refractivity contribution in [1.82, 2.24) is 0 Å². The van der Waals surface area contributed by atoms with Gasteiger partial charge < -0.3 is 9.84 Å². The Kier molecular flexibility index (Phi) is 12.8. The van der Waals surface area contributed by atoms with Crippen molar-refractivity contribution < 1.29 is 55.0 Å². The number of carbonyl (C=O) groups is 1. The van der Waals surface area contributed by atoms with E-state index in [9.17, 15) is 9.90 Å². The van der Waals surface area contributed by atoms with Crippen molar-refractivity contribution in [3.63, 3.8) is 0 Å². The van der Waals surface area contributed by atoms with Crippen molar-refractivity contribution >= 4 is 11.9 Å². The summed E-state index contributed by atoms with van der Waals surface area (Å²) < 4.78 is 5.72. The van der Waals surface area contributed by atoms with Gasteiger partial charge in [-0.2, -0.15) is 42.3 Å². The number of aliphatic hydroxyl groups excluding tert-OH is 1. The first-order valence-electron chi connectivity index (χ1n) is 12.7. The minimum absolute atomic E-state index is 0. The van der Waals surface area contributed by atoms with Crippen molar-refractivity contribution in [2.24, 2.45) is 11.8 Å². The van der Waals surface area contributed by atoms with Crippen molar-refractivity contribution in [2.75, 3.05) is 0 Å². The molecule has 2 aliphatic carbocycles. The predicted molar refractivity (Wildman–Crippen MR) is 149 cm³/mol. The normalized spacial score (nSPS) is 19.9. The smallest absolute Gasteiger partial charge is 0.161 e. The third-order valence-electron chi connectivity index (χ3n) is 6.23. The Morgan fingerprint density at radius 1 is 0.974 bits per heavy atom. The molecular weight excluding hydrogens is 601 g/mol. The van der Waals surface area contributed by atoms with Crippen LogP contribution in [0, 0.1) is 64.7 Å². The van der Waals surface area contributed by atoms with Crippen molar-refractivity contribution in [1.29, 1.82) is 0 Å². The Morgan fingerprint density at radius 3 is 2.39 bits per heavy atom. The van der Waals surface area contributed by atoms with Gasteiger partial charge in [-0.25, -0.2) is 0 Å². The molecule has 2 aliphatic rings. The summed E-state index contributed by atoms with van der Waals surface area (Å²) in [6.07, 6.45) is 17.4. The summed E-state index contributed by atoms with van der Waals surface area (Å²) >= 11 is 0. The molecule has 0 fully saturated rings. The fraction of sp³-hybridized carbons (Fsp3) is 0.176. The number of ketones is 1. The van der Waals surface area contributed by atoms with Gasteiger partial charge in [0, 0.05) is 52.6 Å². The van der Waals surface area contributed by atoms with E-state index in [-0.39, 0.29) is 46.2 Å². The zero-order valence-corrected chi connectivity index (χ0v) is 24.1. The van der Waals surface area contributed by atoms with E-state index in [1.807, 2.05) is 54.6 Å². The first-order valence-corrected chi connectivity index (χ1v) is 12.7. The molecule has 4 heteroatoms. The van der Waals surface area contributed by atoms with Crippen molar-refractivity contribution in [3.05, 3.63) is 151 Å². The fourth-order valence-corrected chi connectivity index (χ4v) is 4.23. The standard InChI is InChI=1S/C21H19O3.C13H13.Pm/c22-20(14-11-16-7-3-1-4-8-16)19-13-12-18(15-21(19)23)24-17-9-5-2-6-10-17;1-3-7-12(8-4-1)11-13-9-5-2-6-10-13;/h1-5,7-12,14,19,21,23H,13,15H2;1-9,11,13H,10H2;/q2*-1;/b14-11+;;. The van der Waals surface area contributed by atoms with E-state index in [1.165, 1.54) is 5.56 Å². The van der Waals surface area contributed by atoms with Crippen LogP contribution in [-0.4, -0.2) is 17.0 Å². The second-order valence-corrected chi connectivity index (χ2v) is 9.06. The fourth-order valence-electron chi connectivity index (χ4n) is 4.23. The van der Waals surface area contributed by atoms with Crippen LogP contribution in [-0.2, 0) is 4.79 Å². The molecule has 0 saturated carbocycles. The van der Waals surface area contributed by atoms with Gasteiger partial charge >= 0.3 is 0 Å². The molecule has 0 amide bonds. The van der Waals surface area contributed by atoms with Gasteiger partial charge in [-0.15, -0.1) is 24.3 Å². The van der Waals surface area contributed by atoms with Gasteiger partial charge in [0.15, 0.2) is 5.78 Å². The van der Waals surface area contributed by atoms with Crippen LogP contribution in [0.4, 0.5) is 0 Å². The maximum absolute atomic E-state index is 12.3. The maximum Gasteiger partial charge on any atom is 0.161 e. The van der Waals surface area contributed by atoms with E-state index in [0.29, 0.717) is 30.3 Å². The summed E-state index contributed by atoms with van der Waals surface area (Å²) in [5, 5.41) is 10.3. The molecule has 0 heterocycles. The SMILES string of the molecule is C1=CCC([CH-]c2ccccc2)C=C1.O=C(/C=C/c1ccccc1)C1CC=C(Oc2c[c-]ccc2)CC1O.[Pm]. The summed E-state index contributed by atoms with van der Waals surface area (Å²) in [7, 11) is 0. The topological polar surface area (TPSA) is 46.5 Å². The van der Waals surface area contributed by atoms with Gasteiger partial charge in [0.2, 0.25) is 0 Å². The minimum Gasteiger partial charge on any atom is -0.521 e. The number of benzene rings is 3. The van der Waals surface area contributed by atoms with E-state index in [0.717, 1.165) is 12.0 Å². The minimum atomic E-state index is -0.731. The molecule has 38 heavy (non-hydrogen) atoms. The van der Waals surface area contributed by atoms with Crippen LogP contribution in [0.5, 0.6) is 5.75 Å². The van der Waals surface area contributed by atoms with Crippen LogP contribution < -0.4 is 4.74 Å². The summed E-state index contributed by atoms with van der Waals surface area (Å²) in [4.78, 5) is 12.3. The summed E-state index contributed by atoms with van der Waals surface area (Å²) in [6, 6.07) is 30.3. The molecule has 3 unspecified atom stereocenters. The van der Waals surface area contributed by atoms with E-state index >= 15 is 0 Å². The molecular formula is C34H32O3Pm-2. The summed E-state index contributed by atoms with van der Waals surface area (Å²) in [6.45, 7) is 0. The number of carbonyl (C=O) groups excluding carboxylic acids is 1. The molecule has 0 aliphatic heterocycles. The number of rotatable bonds is 7. The van der Waals surface area contributed by atoms with Gasteiger partial charge in [0.05, 0.1) is 17.8 Å². The Labute approximate surface area is 258 Å². The van der Waals surface area contributed by atoms with Gasteiger partial charge in [0.1, 0.15) is 0 Å². The zero-order valence-electron chi connectivity index (χ0n) is 21.3. The molecule has 0 spiro atoms. The van der Waals surface area contributed by atoms with Crippen LogP contribution in [0.15, 0.2) is 127 Å². The number of hydrogen-bond donors (Lipinski definition) is 1. The van der Waals surface area contributed by atoms with Crippen molar-refractivity contribution in [2.45, 2.75) is 25.4 Å². The Hall–Kier alpha value is -2.74. The zero-order chi connectivity index (χ0) is 25.7. The monoisotopic (exact) mass is 633 g/mol. The molecule has 1 N–H and O–H groups in total. The van der Waals surface area contributed by atoms with Gasteiger partial charge in [-0.3, -0.25) is 4.79 Å². The first-order chi connectivity index (χ1) is 18.2. The molecule has 0 bridgehead atoms. The maximum atomic E-state index is 12.3. The van der Waals surface area contributed by atoms with E-state index < -0.39 is 12.0 Å². The van der Waals surface area contributed by atoms with Crippen LogP contribution >= 0.6 is 0 Å². The van der Waals surface area contributed by atoms with Crippen molar-refractivity contribution in [3.8, 4) is 5.75 Å². The van der Waals surface area contributed by atoms with Crippen LogP contribution in [0.2, 0.25) is 0 Å². The van der Waals surface area contributed by atoms with E-state index in [2.05, 4.69) is 61.1 Å². The number of hydrogen-bond acceptors (Lipinski definition) is 3. The van der Waals surface area contributed by atoms with Gasteiger partial charge in [0.25, 0.3) is 0 Å². The second-order valence-electron chi connectivity index (χ2n) is 9.06. The average molecular weight is 634 g/mol. The third kappa shape index (κ3) is 9.86. The molecule has 0 aromatic heterocycles. The van der Waals surface area contributed by atoms with Crippen LogP contribution in [0.25, 0.3) is 6.08 Å². The van der Waals surface area contributed by atoms with Gasteiger partial charge in [-0.05, 0) is 36.5 Å². The molecule has 3 atom stereocenters. The average Bonchev–Trinajstić information content (AvgIpc) is 2.94. The summed E-state index contributed by atoms with van der Waals surface area (Å²) in [5.74, 6) is 1.48. The molecule has 5 rings (SSSR count). The quantitative estimate of drug-likeness (QED) is 0.222. The largest absolute Gasteiger partial charge is 0.521 e. The van der Waals surface area contributed by atoms with Gasteiger partial charge in [-0.1, -0.05) is 66.8 Å². The Bertz CT molecular complexity index is 1230. The third-order valence-corrected chi connectivity index (χ3v) is 6.23. The number of allylic oxidation sites excluding steroid dienone is 6. The Morgan fingerprint density at radius 2 is 1.74 bits per heavy atom. The molecule has 1 radical (unpaired) electrons. The second kappa shape index (κ2) is 16.3. The van der Waals surface area contributed by atoms with Crippen LogP contribution in [0.1, 0.15) is 30.4 Å². The Balaban J connectivity index is 0.000000242. The number of aliphatic hydroxyl groups is 1. The molecule has 0 saturated heterocycles. The van der Waals surface area contributed by atoms with E-state index in [1.54, 1.807) is 24.3 Å². The molecule has 3 aromatic rings. The first kappa shape index (κ1) is 29.8. The number of ether oxygens (including phenoxy) is 1. The van der Waals surface area contributed by atoms with Crippen LogP contribution in [0.3, 0.4) is 0 Å². The molecule has 3 nitrogen and oxygen atoms in total.